The summed E-state index contributed by atoms with van der Waals surface area (Å²) in [5.74, 6) is 0.689. The van der Waals surface area contributed by atoms with E-state index >= 15 is 0 Å². The van der Waals surface area contributed by atoms with Crippen LogP contribution in [0.2, 0.25) is 0 Å². The first kappa shape index (κ1) is 12.9. The first-order valence-electron chi connectivity index (χ1n) is 5.12. The van der Waals surface area contributed by atoms with Gasteiger partial charge in [0.2, 0.25) is 0 Å². The van der Waals surface area contributed by atoms with Gasteiger partial charge < -0.3 is 19.3 Å². The zero-order chi connectivity index (χ0) is 11.6. The number of nitrogens with zero attached hydrogens (tertiary/aromatic N) is 1. The van der Waals surface area contributed by atoms with Gasteiger partial charge in [-0.15, -0.1) is 0 Å². The van der Waals surface area contributed by atoms with Gasteiger partial charge >= 0.3 is 0 Å². The third-order valence-corrected chi connectivity index (χ3v) is 1.88. The average Bonchev–Trinajstić information content (AvgIpc) is 2.34. The minimum Gasteiger partial charge on any atom is -0.491 e. The van der Waals surface area contributed by atoms with E-state index in [4.69, 9.17) is 19.3 Å². The molecule has 0 aliphatic carbocycles. The molecule has 0 bridgehead atoms. The number of hydrogen-bond acceptors (Lipinski definition) is 5. The highest BCUT2D eigenvalue weighted by molar-refractivity contribution is 5.22. The van der Waals surface area contributed by atoms with E-state index in [1.54, 1.807) is 25.4 Å². The van der Waals surface area contributed by atoms with Crippen LogP contribution in [0.4, 0.5) is 0 Å². The number of aromatic nitrogens is 1. The van der Waals surface area contributed by atoms with E-state index in [9.17, 15) is 0 Å². The minimum absolute atomic E-state index is 0.0818. The molecule has 16 heavy (non-hydrogen) atoms. The van der Waals surface area contributed by atoms with E-state index in [1.165, 1.54) is 0 Å². The molecule has 0 aromatic carbocycles. The molecular weight excluding hydrogens is 210 g/mol. The molecule has 0 saturated heterocycles. The second-order valence-corrected chi connectivity index (χ2v) is 3.09. The number of methoxy groups -OCH3 is 1. The van der Waals surface area contributed by atoms with Gasteiger partial charge in [-0.1, -0.05) is 0 Å². The van der Waals surface area contributed by atoms with E-state index in [0.717, 1.165) is 0 Å². The summed E-state index contributed by atoms with van der Waals surface area (Å²) in [4.78, 5) is 3.95. The number of pyridine rings is 1. The molecule has 5 heteroatoms. The van der Waals surface area contributed by atoms with Crippen molar-refractivity contribution in [1.29, 1.82) is 0 Å². The molecule has 1 aromatic heterocycles. The van der Waals surface area contributed by atoms with Crippen LogP contribution in [0.15, 0.2) is 18.3 Å². The van der Waals surface area contributed by atoms with Gasteiger partial charge in [0.15, 0.2) is 0 Å². The molecule has 0 saturated carbocycles. The highest BCUT2D eigenvalue weighted by Crippen LogP contribution is 2.10. The lowest BCUT2D eigenvalue weighted by Crippen LogP contribution is -2.10. The van der Waals surface area contributed by atoms with Gasteiger partial charge in [0.25, 0.3) is 0 Å². The molecular formula is C11H17NO4. The van der Waals surface area contributed by atoms with Gasteiger partial charge in [-0.2, -0.15) is 0 Å². The van der Waals surface area contributed by atoms with Crippen molar-refractivity contribution in [2.75, 3.05) is 33.5 Å². The molecule has 0 spiro atoms. The summed E-state index contributed by atoms with van der Waals surface area (Å²) in [6.45, 7) is 2.06. The van der Waals surface area contributed by atoms with Gasteiger partial charge in [0.05, 0.1) is 32.1 Å². The summed E-state index contributed by atoms with van der Waals surface area (Å²) in [5.41, 5.74) is 0.595. The molecule has 90 valence electrons. The van der Waals surface area contributed by atoms with Gasteiger partial charge in [-0.05, 0) is 6.07 Å². The lowest BCUT2D eigenvalue weighted by atomic mass is 10.3. The number of ether oxygens (including phenoxy) is 3. The summed E-state index contributed by atoms with van der Waals surface area (Å²) in [6, 6.07) is 3.45. The minimum atomic E-state index is -0.0818. The van der Waals surface area contributed by atoms with Crippen LogP contribution in [-0.2, 0) is 16.1 Å². The average molecular weight is 227 g/mol. The van der Waals surface area contributed by atoms with E-state index in [-0.39, 0.29) is 6.61 Å². The zero-order valence-electron chi connectivity index (χ0n) is 9.39. The molecule has 1 aromatic rings. The fourth-order valence-electron chi connectivity index (χ4n) is 1.10. The first-order valence-corrected chi connectivity index (χ1v) is 5.12. The second kappa shape index (κ2) is 8.04. The zero-order valence-corrected chi connectivity index (χ0v) is 9.39. The smallest absolute Gasteiger partial charge is 0.122 e. The van der Waals surface area contributed by atoms with Crippen LogP contribution in [0, 0.1) is 0 Å². The van der Waals surface area contributed by atoms with Crippen molar-refractivity contribution in [1.82, 2.24) is 4.98 Å². The second-order valence-electron chi connectivity index (χ2n) is 3.09. The SMILES string of the molecule is COCCOCCOc1ccnc(CO)c1. The molecule has 0 amide bonds. The Labute approximate surface area is 95.0 Å². The van der Waals surface area contributed by atoms with Gasteiger partial charge in [-0.25, -0.2) is 0 Å². The third kappa shape index (κ3) is 5.06. The number of hydrogen-bond donors (Lipinski definition) is 1. The Balaban J connectivity index is 2.16. The Hall–Kier alpha value is -1.17. The highest BCUT2D eigenvalue weighted by atomic mass is 16.5. The van der Waals surface area contributed by atoms with E-state index < -0.39 is 0 Å². The third-order valence-electron chi connectivity index (χ3n) is 1.88. The summed E-state index contributed by atoms with van der Waals surface area (Å²) in [5, 5.41) is 8.87. The number of aliphatic hydroxyl groups is 1. The Morgan fingerprint density at radius 1 is 1.25 bits per heavy atom. The Morgan fingerprint density at radius 2 is 2.06 bits per heavy atom. The van der Waals surface area contributed by atoms with Gasteiger partial charge in [-0.3, -0.25) is 4.98 Å². The molecule has 0 aliphatic heterocycles. The number of aliphatic hydroxyl groups excluding tert-OH is 1. The fourth-order valence-corrected chi connectivity index (χ4v) is 1.10. The molecule has 1 rings (SSSR count). The molecule has 1 heterocycles. The van der Waals surface area contributed by atoms with Crippen molar-refractivity contribution in [2.24, 2.45) is 0 Å². The molecule has 0 aliphatic rings. The maximum absolute atomic E-state index is 8.87. The van der Waals surface area contributed by atoms with Crippen molar-refractivity contribution >= 4 is 0 Å². The van der Waals surface area contributed by atoms with Crippen LogP contribution in [0.25, 0.3) is 0 Å². The number of rotatable bonds is 8. The van der Waals surface area contributed by atoms with E-state index in [1.807, 2.05) is 0 Å². The highest BCUT2D eigenvalue weighted by Gasteiger charge is 1.97. The Kier molecular flexibility index (Phi) is 6.48. The van der Waals surface area contributed by atoms with E-state index in [2.05, 4.69) is 4.98 Å². The lowest BCUT2D eigenvalue weighted by molar-refractivity contribution is 0.0544. The Morgan fingerprint density at radius 3 is 2.81 bits per heavy atom. The summed E-state index contributed by atoms with van der Waals surface area (Å²) >= 11 is 0. The molecule has 1 N–H and O–H groups in total. The lowest BCUT2D eigenvalue weighted by Gasteiger charge is -2.07. The summed E-state index contributed by atoms with van der Waals surface area (Å²) in [6.07, 6.45) is 1.60. The topological polar surface area (TPSA) is 60.8 Å². The van der Waals surface area contributed by atoms with Gasteiger partial charge in [0, 0.05) is 19.4 Å². The standard InChI is InChI=1S/C11H17NO4/c1-14-4-5-15-6-7-16-11-2-3-12-10(8-11)9-13/h2-3,8,13H,4-7,9H2,1H3. The van der Waals surface area contributed by atoms with Crippen LogP contribution in [-0.4, -0.2) is 43.6 Å². The van der Waals surface area contributed by atoms with Crippen molar-refractivity contribution in [3.63, 3.8) is 0 Å². The summed E-state index contributed by atoms with van der Waals surface area (Å²) in [7, 11) is 1.63. The molecule has 0 radical (unpaired) electrons. The van der Waals surface area contributed by atoms with Crippen LogP contribution >= 0.6 is 0 Å². The van der Waals surface area contributed by atoms with Crippen LogP contribution in [0.3, 0.4) is 0 Å². The maximum atomic E-state index is 8.87. The quantitative estimate of drug-likeness (QED) is 0.659. The Bertz CT molecular complexity index is 293. The first-order chi connectivity index (χ1) is 7.86. The predicted molar refractivity (Wildman–Crippen MR) is 58.3 cm³/mol. The van der Waals surface area contributed by atoms with Crippen LogP contribution in [0.5, 0.6) is 5.75 Å². The molecule has 0 fully saturated rings. The molecule has 5 nitrogen and oxygen atoms in total. The van der Waals surface area contributed by atoms with Crippen LogP contribution in [0.1, 0.15) is 5.69 Å². The van der Waals surface area contributed by atoms with Crippen molar-refractivity contribution in [3.05, 3.63) is 24.0 Å². The maximum Gasteiger partial charge on any atom is 0.122 e. The largest absolute Gasteiger partial charge is 0.491 e. The molecule has 0 atom stereocenters. The normalized spacial score (nSPS) is 10.4. The fraction of sp³-hybridized carbons (Fsp3) is 0.545. The van der Waals surface area contributed by atoms with Gasteiger partial charge in [0.1, 0.15) is 12.4 Å². The van der Waals surface area contributed by atoms with Crippen molar-refractivity contribution < 1.29 is 19.3 Å². The monoisotopic (exact) mass is 227 g/mol. The molecule has 0 unspecified atom stereocenters. The van der Waals surface area contributed by atoms with E-state index in [0.29, 0.717) is 37.9 Å². The van der Waals surface area contributed by atoms with Crippen LogP contribution < -0.4 is 4.74 Å². The van der Waals surface area contributed by atoms with Crippen molar-refractivity contribution in [3.8, 4) is 5.75 Å². The predicted octanol–water partition coefficient (Wildman–Crippen LogP) is 0.616. The van der Waals surface area contributed by atoms with Crippen molar-refractivity contribution in [2.45, 2.75) is 6.61 Å². The summed E-state index contributed by atoms with van der Waals surface area (Å²) < 4.78 is 15.5.